The highest BCUT2D eigenvalue weighted by atomic mass is 19.1. The monoisotopic (exact) mass is 264 g/mol. The number of hydrogen-bond acceptors (Lipinski definition) is 2. The first-order valence-electron chi connectivity index (χ1n) is 7.27. The molecule has 1 N–H and O–H groups in total. The van der Waals surface area contributed by atoms with Gasteiger partial charge in [0.05, 0.1) is 11.7 Å². The van der Waals surface area contributed by atoms with Crippen molar-refractivity contribution in [2.75, 3.05) is 6.61 Å². The van der Waals surface area contributed by atoms with Crippen LogP contribution < -0.4 is 0 Å². The predicted octanol–water partition coefficient (Wildman–Crippen LogP) is 3.60. The lowest BCUT2D eigenvalue weighted by molar-refractivity contribution is -0.113. The Morgan fingerprint density at radius 2 is 2.00 bits per heavy atom. The van der Waals surface area contributed by atoms with E-state index in [0.717, 1.165) is 25.7 Å². The van der Waals surface area contributed by atoms with E-state index in [1.165, 1.54) is 18.9 Å². The molecule has 2 nitrogen and oxygen atoms in total. The molecule has 1 heterocycles. The van der Waals surface area contributed by atoms with Crippen LogP contribution in [0, 0.1) is 11.7 Å². The molecule has 2 aliphatic rings. The van der Waals surface area contributed by atoms with Gasteiger partial charge in [0.1, 0.15) is 5.82 Å². The van der Waals surface area contributed by atoms with Crippen LogP contribution in [0.1, 0.15) is 50.2 Å². The van der Waals surface area contributed by atoms with Crippen molar-refractivity contribution >= 4 is 0 Å². The van der Waals surface area contributed by atoms with Crippen LogP contribution in [0.15, 0.2) is 24.3 Å². The molecule has 1 aliphatic carbocycles. The van der Waals surface area contributed by atoms with Crippen molar-refractivity contribution in [2.45, 2.75) is 50.2 Å². The molecule has 3 rings (SSSR count). The van der Waals surface area contributed by atoms with Gasteiger partial charge in [-0.25, -0.2) is 4.39 Å². The van der Waals surface area contributed by atoms with Crippen LogP contribution in [-0.2, 0) is 4.74 Å². The van der Waals surface area contributed by atoms with Crippen LogP contribution in [0.2, 0.25) is 0 Å². The van der Waals surface area contributed by atoms with Gasteiger partial charge in [0, 0.05) is 12.2 Å². The smallest absolute Gasteiger partial charge is 0.129 e. The first-order valence-corrected chi connectivity index (χ1v) is 7.27. The van der Waals surface area contributed by atoms with Crippen molar-refractivity contribution in [3.05, 3.63) is 35.6 Å². The third-order valence-corrected chi connectivity index (χ3v) is 4.72. The second-order valence-corrected chi connectivity index (χ2v) is 5.96. The Hall–Kier alpha value is -0.930. The molecule has 1 aliphatic heterocycles. The Morgan fingerprint density at radius 1 is 1.26 bits per heavy atom. The molecule has 1 aromatic rings. The first kappa shape index (κ1) is 13.1. The van der Waals surface area contributed by atoms with E-state index in [4.69, 9.17) is 4.74 Å². The molecule has 0 amide bonds. The average Bonchev–Trinajstić information content (AvgIpc) is 2.86. The Bertz CT molecular complexity index is 440. The van der Waals surface area contributed by atoms with Crippen molar-refractivity contribution in [3.63, 3.8) is 0 Å². The SMILES string of the molecule is OC(c1ccccc1F)C1CCOC2(CCCC2)C1. The van der Waals surface area contributed by atoms with Crippen molar-refractivity contribution in [3.8, 4) is 0 Å². The Balaban J connectivity index is 1.76. The fourth-order valence-corrected chi connectivity index (χ4v) is 3.67. The number of ether oxygens (including phenoxy) is 1. The molecule has 1 aromatic carbocycles. The molecule has 2 fully saturated rings. The van der Waals surface area contributed by atoms with Gasteiger partial charge in [-0.2, -0.15) is 0 Å². The number of aliphatic hydroxyl groups is 1. The maximum Gasteiger partial charge on any atom is 0.129 e. The summed E-state index contributed by atoms with van der Waals surface area (Å²) in [6, 6.07) is 6.56. The molecule has 104 valence electrons. The van der Waals surface area contributed by atoms with E-state index in [0.29, 0.717) is 12.2 Å². The van der Waals surface area contributed by atoms with E-state index in [-0.39, 0.29) is 17.3 Å². The van der Waals surface area contributed by atoms with Crippen molar-refractivity contribution in [2.24, 2.45) is 5.92 Å². The zero-order chi connectivity index (χ0) is 13.3. The summed E-state index contributed by atoms with van der Waals surface area (Å²) in [5.74, 6) is -0.189. The van der Waals surface area contributed by atoms with Gasteiger partial charge in [-0.05, 0) is 37.7 Å². The third-order valence-electron chi connectivity index (χ3n) is 4.72. The van der Waals surface area contributed by atoms with E-state index < -0.39 is 6.10 Å². The molecule has 2 unspecified atom stereocenters. The van der Waals surface area contributed by atoms with E-state index in [9.17, 15) is 9.50 Å². The lowest BCUT2D eigenvalue weighted by Gasteiger charge is -2.40. The van der Waals surface area contributed by atoms with Crippen molar-refractivity contribution in [1.82, 2.24) is 0 Å². The van der Waals surface area contributed by atoms with Crippen LogP contribution >= 0.6 is 0 Å². The molecule has 0 radical (unpaired) electrons. The molecule has 1 saturated heterocycles. The molecule has 3 heteroatoms. The van der Waals surface area contributed by atoms with E-state index in [2.05, 4.69) is 0 Å². The summed E-state index contributed by atoms with van der Waals surface area (Å²) in [6.45, 7) is 0.691. The highest BCUT2D eigenvalue weighted by Gasteiger charge is 2.42. The van der Waals surface area contributed by atoms with Crippen molar-refractivity contribution < 1.29 is 14.2 Å². The molecule has 0 aromatic heterocycles. The normalized spacial score (nSPS) is 27.6. The Morgan fingerprint density at radius 3 is 2.74 bits per heavy atom. The molecule has 2 atom stereocenters. The van der Waals surface area contributed by atoms with Crippen LogP contribution in [0.25, 0.3) is 0 Å². The molecule has 19 heavy (non-hydrogen) atoms. The minimum Gasteiger partial charge on any atom is -0.388 e. The molecular formula is C16H21FO2. The van der Waals surface area contributed by atoms with E-state index in [1.54, 1.807) is 18.2 Å². The van der Waals surface area contributed by atoms with Gasteiger partial charge in [0.2, 0.25) is 0 Å². The average molecular weight is 264 g/mol. The van der Waals surface area contributed by atoms with Gasteiger partial charge < -0.3 is 9.84 Å². The highest BCUT2D eigenvalue weighted by Crippen LogP contribution is 2.45. The highest BCUT2D eigenvalue weighted by molar-refractivity contribution is 5.20. The summed E-state index contributed by atoms with van der Waals surface area (Å²) >= 11 is 0. The first-order chi connectivity index (χ1) is 9.20. The fourth-order valence-electron chi connectivity index (χ4n) is 3.67. The maximum atomic E-state index is 13.8. The van der Waals surface area contributed by atoms with E-state index in [1.807, 2.05) is 0 Å². The van der Waals surface area contributed by atoms with Crippen molar-refractivity contribution in [1.29, 1.82) is 0 Å². The lowest BCUT2D eigenvalue weighted by Crippen LogP contribution is -2.39. The third kappa shape index (κ3) is 2.54. The topological polar surface area (TPSA) is 29.5 Å². The Labute approximate surface area is 113 Å². The summed E-state index contributed by atoms with van der Waals surface area (Å²) in [5, 5.41) is 10.5. The van der Waals surface area contributed by atoms with E-state index >= 15 is 0 Å². The van der Waals surface area contributed by atoms with Gasteiger partial charge in [-0.3, -0.25) is 0 Å². The minimum atomic E-state index is -0.706. The zero-order valence-electron chi connectivity index (χ0n) is 11.1. The summed E-state index contributed by atoms with van der Waals surface area (Å²) in [7, 11) is 0. The molecule has 1 spiro atoms. The molecular weight excluding hydrogens is 243 g/mol. The van der Waals surface area contributed by atoms with Crippen LogP contribution in [0.3, 0.4) is 0 Å². The van der Waals surface area contributed by atoms with Crippen LogP contribution in [0.4, 0.5) is 4.39 Å². The maximum absolute atomic E-state index is 13.8. The van der Waals surface area contributed by atoms with Gasteiger partial charge in [-0.15, -0.1) is 0 Å². The lowest BCUT2D eigenvalue weighted by atomic mass is 9.80. The summed E-state index contributed by atoms with van der Waals surface area (Å²) in [5.41, 5.74) is 0.400. The number of hydrogen-bond donors (Lipinski definition) is 1. The quantitative estimate of drug-likeness (QED) is 0.884. The van der Waals surface area contributed by atoms with Gasteiger partial charge in [0.25, 0.3) is 0 Å². The standard InChI is InChI=1S/C16H21FO2/c17-14-6-2-1-5-13(14)15(18)12-7-10-19-16(11-12)8-3-4-9-16/h1-2,5-6,12,15,18H,3-4,7-11H2. The summed E-state index contributed by atoms with van der Waals surface area (Å²) in [6.07, 6.45) is 5.58. The number of halogens is 1. The van der Waals surface area contributed by atoms with Gasteiger partial charge >= 0.3 is 0 Å². The number of rotatable bonds is 2. The number of aliphatic hydroxyl groups excluding tert-OH is 1. The predicted molar refractivity (Wildman–Crippen MR) is 71.2 cm³/mol. The summed E-state index contributed by atoms with van der Waals surface area (Å²) < 4.78 is 19.7. The summed E-state index contributed by atoms with van der Waals surface area (Å²) in [4.78, 5) is 0. The minimum absolute atomic E-state index is 0.0326. The van der Waals surface area contributed by atoms with Crippen LogP contribution in [-0.4, -0.2) is 17.3 Å². The fraction of sp³-hybridized carbons (Fsp3) is 0.625. The Kier molecular flexibility index (Phi) is 3.59. The molecule has 0 bridgehead atoms. The van der Waals surface area contributed by atoms with Gasteiger partial charge in [-0.1, -0.05) is 31.0 Å². The number of benzene rings is 1. The molecule has 1 saturated carbocycles. The second kappa shape index (κ2) is 5.22. The largest absolute Gasteiger partial charge is 0.388 e. The van der Waals surface area contributed by atoms with Crippen LogP contribution in [0.5, 0.6) is 0 Å². The second-order valence-electron chi connectivity index (χ2n) is 5.96. The zero-order valence-corrected chi connectivity index (χ0v) is 11.1. The van der Waals surface area contributed by atoms with Gasteiger partial charge in [0.15, 0.2) is 0 Å².